The standard InChI is InChI=1S/C18H32N4O/c1-2-21-10-9-19-18(21)15-20-11-12-22(17(14-20)8-13-23)16-6-4-3-5-7-16/h9-10,16-17,23H,2-8,11-15H2,1H3/t17-/m0/s1. The van der Waals surface area contributed by atoms with Crippen molar-refractivity contribution in [1.29, 1.82) is 0 Å². The topological polar surface area (TPSA) is 44.5 Å². The first kappa shape index (κ1) is 16.9. The molecule has 1 aromatic rings. The summed E-state index contributed by atoms with van der Waals surface area (Å²) in [7, 11) is 0. The Morgan fingerprint density at radius 1 is 1.22 bits per heavy atom. The molecule has 0 unspecified atom stereocenters. The second kappa shape index (κ2) is 8.27. The number of nitrogens with zero attached hydrogens (tertiary/aromatic N) is 4. The SMILES string of the molecule is CCn1ccnc1CN1CCN(C2CCCCC2)[C@@H](CCO)C1. The van der Waals surface area contributed by atoms with Gasteiger partial charge in [0, 0.05) is 57.3 Å². The normalized spacial score (nSPS) is 25.0. The Kier molecular flexibility index (Phi) is 6.08. The van der Waals surface area contributed by atoms with E-state index in [1.807, 2.05) is 6.20 Å². The van der Waals surface area contributed by atoms with Crippen LogP contribution in [0.5, 0.6) is 0 Å². The number of imidazole rings is 1. The quantitative estimate of drug-likeness (QED) is 0.872. The summed E-state index contributed by atoms with van der Waals surface area (Å²) in [5.74, 6) is 1.17. The van der Waals surface area contributed by atoms with Gasteiger partial charge in [0.25, 0.3) is 0 Å². The molecular weight excluding hydrogens is 288 g/mol. The molecule has 130 valence electrons. The highest BCUT2D eigenvalue weighted by Gasteiger charge is 2.32. The van der Waals surface area contributed by atoms with Crippen molar-refractivity contribution in [3.63, 3.8) is 0 Å². The van der Waals surface area contributed by atoms with Crippen LogP contribution < -0.4 is 0 Å². The summed E-state index contributed by atoms with van der Waals surface area (Å²) in [5.41, 5.74) is 0. The zero-order chi connectivity index (χ0) is 16.1. The molecule has 3 rings (SSSR count). The second-order valence-corrected chi connectivity index (χ2v) is 7.06. The third-order valence-corrected chi connectivity index (χ3v) is 5.63. The van der Waals surface area contributed by atoms with E-state index in [1.165, 1.54) is 37.9 Å². The average Bonchev–Trinajstić information content (AvgIpc) is 3.03. The number of aryl methyl sites for hydroxylation is 1. The molecule has 1 saturated carbocycles. The van der Waals surface area contributed by atoms with E-state index in [1.54, 1.807) is 0 Å². The lowest BCUT2D eigenvalue weighted by molar-refractivity contribution is 0.0125. The van der Waals surface area contributed by atoms with Crippen LogP contribution in [0.3, 0.4) is 0 Å². The van der Waals surface area contributed by atoms with E-state index < -0.39 is 0 Å². The van der Waals surface area contributed by atoms with E-state index >= 15 is 0 Å². The fourth-order valence-electron chi connectivity index (χ4n) is 4.36. The van der Waals surface area contributed by atoms with Gasteiger partial charge in [-0.1, -0.05) is 19.3 Å². The molecule has 1 saturated heterocycles. The van der Waals surface area contributed by atoms with Gasteiger partial charge < -0.3 is 9.67 Å². The molecule has 1 aliphatic heterocycles. The molecule has 0 aromatic carbocycles. The Bertz CT molecular complexity index is 469. The summed E-state index contributed by atoms with van der Waals surface area (Å²) >= 11 is 0. The van der Waals surface area contributed by atoms with E-state index in [0.29, 0.717) is 12.6 Å². The smallest absolute Gasteiger partial charge is 0.122 e. The lowest BCUT2D eigenvalue weighted by atomic mass is 9.92. The molecule has 2 aliphatic rings. The van der Waals surface area contributed by atoms with Gasteiger partial charge in [-0.2, -0.15) is 0 Å². The predicted molar refractivity (Wildman–Crippen MR) is 92.2 cm³/mol. The van der Waals surface area contributed by atoms with E-state index in [4.69, 9.17) is 0 Å². The van der Waals surface area contributed by atoms with Crippen LogP contribution in [0.25, 0.3) is 0 Å². The zero-order valence-corrected chi connectivity index (χ0v) is 14.5. The van der Waals surface area contributed by atoms with Crippen molar-refractivity contribution in [2.45, 2.75) is 70.6 Å². The summed E-state index contributed by atoms with van der Waals surface area (Å²) < 4.78 is 2.23. The summed E-state index contributed by atoms with van der Waals surface area (Å²) in [6.07, 6.45) is 11.7. The summed E-state index contributed by atoms with van der Waals surface area (Å²) in [4.78, 5) is 9.75. The second-order valence-electron chi connectivity index (χ2n) is 7.06. The maximum Gasteiger partial charge on any atom is 0.122 e. The largest absolute Gasteiger partial charge is 0.396 e. The van der Waals surface area contributed by atoms with E-state index in [0.717, 1.165) is 45.2 Å². The minimum atomic E-state index is 0.297. The molecular formula is C18H32N4O. The third-order valence-electron chi connectivity index (χ3n) is 5.63. The number of hydrogen-bond acceptors (Lipinski definition) is 4. The number of aliphatic hydroxyl groups is 1. The van der Waals surface area contributed by atoms with Gasteiger partial charge in [0.1, 0.15) is 5.82 Å². The van der Waals surface area contributed by atoms with Gasteiger partial charge in [-0.15, -0.1) is 0 Å². The fraction of sp³-hybridized carbons (Fsp3) is 0.833. The highest BCUT2D eigenvalue weighted by atomic mass is 16.3. The summed E-state index contributed by atoms with van der Waals surface area (Å²) in [6, 6.07) is 1.25. The number of aliphatic hydroxyl groups excluding tert-OH is 1. The first-order chi connectivity index (χ1) is 11.3. The Balaban J connectivity index is 1.61. The number of rotatable bonds is 6. The predicted octanol–water partition coefficient (Wildman–Crippen LogP) is 2.10. The van der Waals surface area contributed by atoms with E-state index in [9.17, 15) is 5.11 Å². The molecule has 5 nitrogen and oxygen atoms in total. The first-order valence-electron chi connectivity index (χ1n) is 9.40. The van der Waals surface area contributed by atoms with Gasteiger partial charge in [0.2, 0.25) is 0 Å². The highest BCUT2D eigenvalue weighted by Crippen LogP contribution is 2.27. The number of hydrogen-bond donors (Lipinski definition) is 1. The molecule has 0 amide bonds. The van der Waals surface area contributed by atoms with Gasteiger partial charge in [0.15, 0.2) is 0 Å². The van der Waals surface area contributed by atoms with Crippen LogP contribution in [0, 0.1) is 0 Å². The molecule has 0 spiro atoms. The number of piperazine rings is 1. The van der Waals surface area contributed by atoms with Crippen molar-refractivity contribution in [3.05, 3.63) is 18.2 Å². The van der Waals surface area contributed by atoms with Gasteiger partial charge in [0.05, 0.1) is 6.54 Å². The minimum Gasteiger partial charge on any atom is -0.396 e. The lowest BCUT2D eigenvalue weighted by Gasteiger charge is -2.46. The van der Waals surface area contributed by atoms with Gasteiger partial charge in [-0.25, -0.2) is 4.98 Å². The van der Waals surface area contributed by atoms with E-state index in [-0.39, 0.29) is 0 Å². The van der Waals surface area contributed by atoms with Crippen LogP contribution in [-0.2, 0) is 13.1 Å². The van der Waals surface area contributed by atoms with Crippen molar-refractivity contribution in [2.24, 2.45) is 0 Å². The van der Waals surface area contributed by atoms with Crippen LogP contribution in [0.1, 0.15) is 51.3 Å². The first-order valence-corrected chi connectivity index (χ1v) is 9.40. The molecule has 1 aliphatic carbocycles. The Morgan fingerprint density at radius 3 is 2.78 bits per heavy atom. The van der Waals surface area contributed by atoms with Crippen LogP contribution in [0.15, 0.2) is 12.4 Å². The van der Waals surface area contributed by atoms with Crippen LogP contribution in [-0.4, -0.2) is 62.8 Å². The van der Waals surface area contributed by atoms with Gasteiger partial charge in [-0.05, 0) is 26.2 Å². The fourth-order valence-corrected chi connectivity index (χ4v) is 4.36. The summed E-state index contributed by atoms with van der Waals surface area (Å²) in [5, 5.41) is 9.50. The molecule has 5 heteroatoms. The van der Waals surface area contributed by atoms with Crippen molar-refractivity contribution in [2.75, 3.05) is 26.2 Å². The lowest BCUT2D eigenvalue weighted by Crippen LogP contribution is -2.56. The maximum absolute atomic E-state index is 9.50. The molecule has 1 atom stereocenters. The molecule has 23 heavy (non-hydrogen) atoms. The van der Waals surface area contributed by atoms with Gasteiger partial charge in [-0.3, -0.25) is 9.80 Å². The Hall–Kier alpha value is -0.910. The minimum absolute atomic E-state index is 0.297. The van der Waals surface area contributed by atoms with Crippen molar-refractivity contribution >= 4 is 0 Å². The van der Waals surface area contributed by atoms with E-state index in [2.05, 4.69) is 32.5 Å². The molecule has 0 bridgehead atoms. The van der Waals surface area contributed by atoms with Gasteiger partial charge >= 0.3 is 0 Å². The Labute approximate surface area is 140 Å². The van der Waals surface area contributed by atoms with Crippen molar-refractivity contribution in [1.82, 2.24) is 19.4 Å². The molecule has 2 heterocycles. The molecule has 0 radical (unpaired) electrons. The summed E-state index contributed by atoms with van der Waals surface area (Å²) in [6.45, 7) is 7.70. The molecule has 2 fully saturated rings. The highest BCUT2D eigenvalue weighted by molar-refractivity contribution is 4.95. The monoisotopic (exact) mass is 320 g/mol. The van der Waals surface area contributed by atoms with Crippen molar-refractivity contribution in [3.8, 4) is 0 Å². The Morgan fingerprint density at radius 2 is 2.04 bits per heavy atom. The number of aromatic nitrogens is 2. The van der Waals surface area contributed by atoms with Crippen LogP contribution in [0.2, 0.25) is 0 Å². The molecule has 1 aromatic heterocycles. The average molecular weight is 320 g/mol. The van der Waals surface area contributed by atoms with Crippen LogP contribution in [0.4, 0.5) is 0 Å². The zero-order valence-electron chi connectivity index (χ0n) is 14.5. The van der Waals surface area contributed by atoms with Crippen LogP contribution >= 0.6 is 0 Å². The van der Waals surface area contributed by atoms with Crippen molar-refractivity contribution < 1.29 is 5.11 Å². The maximum atomic E-state index is 9.50. The molecule has 1 N–H and O–H groups in total. The third kappa shape index (κ3) is 4.14.